The van der Waals surface area contributed by atoms with E-state index in [0.717, 1.165) is 6.42 Å². The molecule has 0 radical (unpaired) electrons. The van der Waals surface area contributed by atoms with Crippen LogP contribution in [0.4, 0.5) is 0 Å². The number of ether oxygens (including phenoxy) is 1. The lowest BCUT2D eigenvalue weighted by Gasteiger charge is -2.23. The lowest BCUT2D eigenvalue weighted by atomic mass is 10.1. The molecule has 108 valence electrons. The predicted octanol–water partition coefficient (Wildman–Crippen LogP) is 2.16. The van der Waals surface area contributed by atoms with E-state index >= 15 is 0 Å². The molecular formula is C15H19NO4. The molecule has 0 bridgehead atoms. The van der Waals surface area contributed by atoms with Gasteiger partial charge in [0.05, 0.1) is 11.7 Å². The molecule has 1 aromatic rings. The molecule has 0 spiro atoms. The van der Waals surface area contributed by atoms with Gasteiger partial charge < -0.3 is 14.7 Å². The quantitative estimate of drug-likeness (QED) is 0.915. The van der Waals surface area contributed by atoms with E-state index in [9.17, 15) is 9.59 Å². The maximum atomic E-state index is 12.5. The Morgan fingerprint density at radius 1 is 1.35 bits per heavy atom. The lowest BCUT2D eigenvalue weighted by Crippen LogP contribution is -2.40. The van der Waals surface area contributed by atoms with Gasteiger partial charge in [-0.3, -0.25) is 4.79 Å². The number of rotatable bonds is 4. The van der Waals surface area contributed by atoms with Crippen LogP contribution in [0.2, 0.25) is 0 Å². The highest BCUT2D eigenvalue weighted by molar-refractivity contribution is 5.99. The second-order valence-electron chi connectivity index (χ2n) is 5.16. The van der Waals surface area contributed by atoms with Crippen molar-refractivity contribution < 1.29 is 19.4 Å². The zero-order chi connectivity index (χ0) is 14.7. The summed E-state index contributed by atoms with van der Waals surface area (Å²) in [5, 5.41) is 9.17. The summed E-state index contributed by atoms with van der Waals surface area (Å²) in [7, 11) is 0. The molecule has 1 aliphatic heterocycles. The molecule has 1 N–H and O–H groups in total. The van der Waals surface area contributed by atoms with E-state index < -0.39 is 12.0 Å². The normalized spacial score (nSPS) is 18.4. The van der Waals surface area contributed by atoms with Gasteiger partial charge in [-0.1, -0.05) is 12.1 Å². The van der Waals surface area contributed by atoms with Crippen LogP contribution < -0.4 is 4.74 Å². The Bertz CT molecular complexity index is 512. The van der Waals surface area contributed by atoms with Crippen molar-refractivity contribution in [2.45, 2.75) is 38.8 Å². The molecule has 20 heavy (non-hydrogen) atoms. The maximum absolute atomic E-state index is 12.5. The van der Waals surface area contributed by atoms with Crippen LogP contribution in [0, 0.1) is 0 Å². The number of hydrogen-bond donors (Lipinski definition) is 1. The topological polar surface area (TPSA) is 66.8 Å². The number of amides is 1. The second-order valence-corrected chi connectivity index (χ2v) is 5.16. The molecule has 0 saturated carbocycles. The number of nitrogens with zero attached hydrogens (tertiary/aromatic N) is 1. The number of aliphatic carboxylic acids is 1. The van der Waals surface area contributed by atoms with Crippen molar-refractivity contribution in [2.75, 3.05) is 6.54 Å². The molecule has 1 aromatic carbocycles. The number of carboxylic acids is 1. The zero-order valence-corrected chi connectivity index (χ0v) is 11.7. The van der Waals surface area contributed by atoms with Crippen molar-refractivity contribution >= 4 is 11.9 Å². The molecule has 1 saturated heterocycles. The smallest absolute Gasteiger partial charge is 0.326 e. The first-order valence-electron chi connectivity index (χ1n) is 6.80. The van der Waals surface area contributed by atoms with Crippen molar-refractivity contribution in [2.24, 2.45) is 0 Å². The Hall–Kier alpha value is -2.04. The molecule has 1 atom stereocenters. The van der Waals surface area contributed by atoms with E-state index in [0.29, 0.717) is 24.3 Å². The van der Waals surface area contributed by atoms with Crippen molar-refractivity contribution in [1.82, 2.24) is 4.90 Å². The fourth-order valence-electron chi connectivity index (χ4n) is 2.42. The first-order chi connectivity index (χ1) is 9.50. The van der Waals surface area contributed by atoms with E-state index in [4.69, 9.17) is 9.84 Å². The van der Waals surface area contributed by atoms with Gasteiger partial charge in [-0.25, -0.2) is 4.79 Å². The van der Waals surface area contributed by atoms with Crippen LogP contribution in [-0.4, -0.2) is 40.6 Å². The summed E-state index contributed by atoms with van der Waals surface area (Å²) < 4.78 is 5.63. The van der Waals surface area contributed by atoms with Gasteiger partial charge in [0.25, 0.3) is 5.91 Å². The van der Waals surface area contributed by atoms with Crippen LogP contribution in [-0.2, 0) is 4.79 Å². The summed E-state index contributed by atoms with van der Waals surface area (Å²) in [6.07, 6.45) is 1.18. The third-order valence-electron chi connectivity index (χ3n) is 3.28. The van der Waals surface area contributed by atoms with Gasteiger partial charge in [-0.05, 0) is 38.8 Å². The highest BCUT2D eigenvalue weighted by atomic mass is 16.5. The van der Waals surface area contributed by atoms with Crippen LogP contribution in [0.1, 0.15) is 37.0 Å². The summed E-state index contributed by atoms with van der Waals surface area (Å²) >= 11 is 0. The molecule has 1 heterocycles. The van der Waals surface area contributed by atoms with Crippen LogP contribution in [0.25, 0.3) is 0 Å². The number of carboxylic acid groups (broad SMARTS) is 1. The minimum Gasteiger partial charge on any atom is -0.490 e. The first kappa shape index (κ1) is 14.4. The number of hydrogen-bond acceptors (Lipinski definition) is 3. The number of benzene rings is 1. The summed E-state index contributed by atoms with van der Waals surface area (Å²) in [5.41, 5.74) is 0.425. The Labute approximate surface area is 118 Å². The summed E-state index contributed by atoms with van der Waals surface area (Å²) in [6.45, 7) is 4.25. The average molecular weight is 277 g/mol. The average Bonchev–Trinajstić information content (AvgIpc) is 2.87. The van der Waals surface area contributed by atoms with E-state index in [1.165, 1.54) is 4.90 Å². The summed E-state index contributed by atoms with van der Waals surface area (Å²) in [4.78, 5) is 25.2. The monoisotopic (exact) mass is 277 g/mol. The van der Waals surface area contributed by atoms with Crippen molar-refractivity contribution in [3.63, 3.8) is 0 Å². The Morgan fingerprint density at radius 2 is 2.05 bits per heavy atom. The Balaban J connectivity index is 2.27. The van der Waals surface area contributed by atoms with Crippen LogP contribution in [0.3, 0.4) is 0 Å². The molecular weight excluding hydrogens is 258 g/mol. The summed E-state index contributed by atoms with van der Waals surface area (Å²) in [5.74, 6) is -0.715. The van der Waals surface area contributed by atoms with Crippen LogP contribution in [0.5, 0.6) is 5.75 Å². The molecule has 0 unspecified atom stereocenters. The van der Waals surface area contributed by atoms with Gasteiger partial charge >= 0.3 is 5.97 Å². The van der Waals surface area contributed by atoms with E-state index in [1.807, 2.05) is 13.8 Å². The molecule has 1 aliphatic rings. The van der Waals surface area contributed by atoms with E-state index in [1.54, 1.807) is 24.3 Å². The fourth-order valence-corrected chi connectivity index (χ4v) is 2.42. The SMILES string of the molecule is CC(C)Oc1ccccc1C(=O)N1CCC[C@@H]1C(=O)O. The van der Waals surface area contributed by atoms with Gasteiger partial charge in [0.2, 0.25) is 0 Å². The minimum absolute atomic E-state index is 0.0437. The number of carbonyl (C=O) groups excluding carboxylic acids is 1. The van der Waals surface area contributed by atoms with E-state index in [-0.39, 0.29) is 12.0 Å². The molecule has 0 aromatic heterocycles. The van der Waals surface area contributed by atoms with Crippen molar-refractivity contribution in [3.8, 4) is 5.75 Å². The standard InChI is InChI=1S/C15H19NO4/c1-10(2)20-13-8-4-3-6-11(13)14(17)16-9-5-7-12(16)15(18)19/h3-4,6,8,10,12H,5,7,9H2,1-2H3,(H,18,19)/t12-/m1/s1. The number of carbonyl (C=O) groups is 2. The third-order valence-corrected chi connectivity index (χ3v) is 3.28. The zero-order valence-electron chi connectivity index (χ0n) is 11.7. The summed E-state index contributed by atoms with van der Waals surface area (Å²) in [6, 6.07) is 6.24. The molecule has 1 fully saturated rings. The molecule has 5 heteroatoms. The number of likely N-dealkylation sites (tertiary alicyclic amines) is 1. The van der Waals surface area contributed by atoms with Crippen molar-refractivity contribution in [1.29, 1.82) is 0 Å². The molecule has 2 rings (SSSR count). The van der Waals surface area contributed by atoms with Crippen molar-refractivity contribution in [3.05, 3.63) is 29.8 Å². The predicted molar refractivity (Wildman–Crippen MR) is 73.9 cm³/mol. The van der Waals surface area contributed by atoms with E-state index in [2.05, 4.69) is 0 Å². The first-order valence-corrected chi connectivity index (χ1v) is 6.80. The minimum atomic E-state index is -0.946. The number of para-hydroxylation sites is 1. The molecule has 5 nitrogen and oxygen atoms in total. The lowest BCUT2D eigenvalue weighted by molar-refractivity contribution is -0.141. The maximum Gasteiger partial charge on any atom is 0.326 e. The Kier molecular flexibility index (Phi) is 4.27. The van der Waals surface area contributed by atoms with Gasteiger partial charge in [0.1, 0.15) is 11.8 Å². The Morgan fingerprint density at radius 3 is 2.70 bits per heavy atom. The molecule has 1 amide bonds. The van der Waals surface area contributed by atoms with Crippen LogP contribution >= 0.6 is 0 Å². The second kappa shape index (κ2) is 5.94. The van der Waals surface area contributed by atoms with Gasteiger partial charge in [-0.2, -0.15) is 0 Å². The van der Waals surface area contributed by atoms with Gasteiger partial charge in [0, 0.05) is 6.54 Å². The van der Waals surface area contributed by atoms with Gasteiger partial charge in [-0.15, -0.1) is 0 Å². The fraction of sp³-hybridized carbons (Fsp3) is 0.467. The van der Waals surface area contributed by atoms with Crippen LogP contribution in [0.15, 0.2) is 24.3 Å². The highest BCUT2D eigenvalue weighted by Gasteiger charge is 2.35. The largest absolute Gasteiger partial charge is 0.490 e. The highest BCUT2D eigenvalue weighted by Crippen LogP contribution is 2.25. The molecule has 0 aliphatic carbocycles. The van der Waals surface area contributed by atoms with Gasteiger partial charge in [0.15, 0.2) is 0 Å². The third kappa shape index (κ3) is 2.92.